The van der Waals surface area contributed by atoms with Gasteiger partial charge in [0.2, 0.25) is 0 Å². The number of aryl methyl sites for hydroxylation is 3. The highest BCUT2D eigenvalue weighted by molar-refractivity contribution is 5.94. The van der Waals surface area contributed by atoms with Gasteiger partial charge in [0.05, 0.1) is 30.1 Å². The van der Waals surface area contributed by atoms with Crippen molar-refractivity contribution in [3.63, 3.8) is 0 Å². The standard InChI is InChI=1S/C21H21N3O2/c1-13-9-14(2)20-18(10-13)19(11-15(3)23-20)24-22-12-16-5-7-17(8-6-16)21(25)26-4/h5-12H,1-4H3,(H,23,24)/b22-12+. The van der Waals surface area contributed by atoms with Crippen molar-refractivity contribution >= 4 is 28.8 Å². The largest absolute Gasteiger partial charge is 0.465 e. The van der Waals surface area contributed by atoms with Crippen molar-refractivity contribution < 1.29 is 9.53 Å². The fraction of sp³-hybridized carbons (Fsp3) is 0.190. The second kappa shape index (κ2) is 7.35. The number of anilines is 1. The highest BCUT2D eigenvalue weighted by atomic mass is 16.5. The first kappa shape index (κ1) is 17.6. The van der Waals surface area contributed by atoms with Gasteiger partial charge >= 0.3 is 5.97 Å². The molecule has 1 N–H and O–H groups in total. The average molecular weight is 347 g/mol. The molecule has 132 valence electrons. The molecule has 0 unspecified atom stereocenters. The maximum absolute atomic E-state index is 11.5. The van der Waals surface area contributed by atoms with E-state index in [9.17, 15) is 4.79 Å². The monoisotopic (exact) mass is 347 g/mol. The van der Waals surface area contributed by atoms with E-state index in [0.717, 1.165) is 33.4 Å². The molecule has 1 heterocycles. The van der Waals surface area contributed by atoms with Crippen molar-refractivity contribution in [3.8, 4) is 0 Å². The van der Waals surface area contributed by atoms with Crippen LogP contribution in [0.5, 0.6) is 0 Å². The lowest BCUT2D eigenvalue weighted by molar-refractivity contribution is 0.0600. The normalized spacial score (nSPS) is 11.1. The molecule has 2 aromatic carbocycles. The molecule has 0 spiro atoms. The van der Waals surface area contributed by atoms with E-state index in [1.54, 1.807) is 18.3 Å². The summed E-state index contributed by atoms with van der Waals surface area (Å²) >= 11 is 0. The molecular weight excluding hydrogens is 326 g/mol. The van der Waals surface area contributed by atoms with Gasteiger partial charge in [0.15, 0.2) is 0 Å². The summed E-state index contributed by atoms with van der Waals surface area (Å²) in [6.07, 6.45) is 1.71. The van der Waals surface area contributed by atoms with E-state index in [2.05, 4.69) is 41.5 Å². The number of carbonyl (C=O) groups excluding carboxylic acids is 1. The molecule has 0 amide bonds. The Kier molecular flexibility index (Phi) is 4.98. The molecule has 5 nitrogen and oxygen atoms in total. The number of carbonyl (C=O) groups is 1. The van der Waals surface area contributed by atoms with E-state index in [1.807, 2.05) is 25.1 Å². The van der Waals surface area contributed by atoms with Crippen molar-refractivity contribution in [3.05, 3.63) is 70.4 Å². The molecule has 3 aromatic rings. The first-order chi connectivity index (χ1) is 12.5. The predicted molar refractivity (Wildman–Crippen MR) is 105 cm³/mol. The van der Waals surface area contributed by atoms with E-state index in [4.69, 9.17) is 4.74 Å². The van der Waals surface area contributed by atoms with Crippen molar-refractivity contribution in [1.82, 2.24) is 4.98 Å². The average Bonchev–Trinajstić information content (AvgIpc) is 2.62. The number of hydrogen-bond donors (Lipinski definition) is 1. The molecule has 0 atom stereocenters. The van der Waals surface area contributed by atoms with E-state index in [-0.39, 0.29) is 5.97 Å². The second-order valence-electron chi connectivity index (χ2n) is 6.27. The third kappa shape index (κ3) is 3.72. The van der Waals surface area contributed by atoms with Crippen LogP contribution in [0.2, 0.25) is 0 Å². The summed E-state index contributed by atoms with van der Waals surface area (Å²) in [5.41, 5.74) is 9.68. The summed E-state index contributed by atoms with van der Waals surface area (Å²) in [5, 5.41) is 5.39. The molecule has 0 bridgehead atoms. The Bertz CT molecular complexity index is 992. The van der Waals surface area contributed by atoms with Gasteiger partial charge in [-0.25, -0.2) is 4.79 Å². The summed E-state index contributed by atoms with van der Waals surface area (Å²) < 4.78 is 4.70. The number of hydrogen-bond acceptors (Lipinski definition) is 5. The van der Waals surface area contributed by atoms with Gasteiger partial charge in [-0.05, 0) is 56.2 Å². The third-order valence-corrected chi connectivity index (χ3v) is 4.11. The molecule has 5 heteroatoms. The number of ether oxygens (including phenoxy) is 1. The van der Waals surface area contributed by atoms with Crippen LogP contribution < -0.4 is 5.43 Å². The van der Waals surface area contributed by atoms with Gasteiger partial charge in [0, 0.05) is 11.1 Å². The van der Waals surface area contributed by atoms with Crippen LogP contribution in [0.15, 0.2) is 47.6 Å². The number of hydrazone groups is 1. The summed E-state index contributed by atoms with van der Waals surface area (Å²) in [5.74, 6) is -0.351. The minimum absolute atomic E-state index is 0.351. The van der Waals surface area contributed by atoms with Crippen LogP contribution in [-0.4, -0.2) is 24.3 Å². The van der Waals surface area contributed by atoms with Gasteiger partial charge in [-0.3, -0.25) is 10.4 Å². The smallest absolute Gasteiger partial charge is 0.337 e. The SMILES string of the molecule is COC(=O)c1ccc(/C=N/Nc2cc(C)nc3c(C)cc(C)cc23)cc1. The Morgan fingerprint density at radius 2 is 1.85 bits per heavy atom. The molecule has 0 saturated carbocycles. The number of rotatable bonds is 4. The van der Waals surface area contributed by atoms with Crippen LogP contribution >= 0.6 is 0 Å². The van der Waals surface area contributed by atoms with Crippen LogP contribution in [0.25, 0.3) is 10.9 Å². The van der Waals surface area contributed by atoms with Gasteiger partial charge in [0.25, 0.3) is 0 Å². The minimum atomic E-state index is -0.351. The van der Waals surface area contributed by atoms with Crippen molar-refractivity contribution in [2.75, 3.05) is 12.5 Å². The Labute approximate surface area is 152 Å². The third-order valence-electron chi connectivity index (χ3n) is 4.11. The Hall–Kier alpha value is -3.21. The van der Waals surface area contributed by atoms with Crippen molar-refractivity contribution in [1.29, 1.82) is 0 Å². The number of esters is 1. The number of nitrogens with one attached hydrogen (secondary N) is 1. The van der Waals surface area contributed by atoms with Gasteiger partial charge in [0.1, 0.15) is 0 Å². The van der Waals surface area contributed by atoms with Crippen molar-refractivity contribution in [2.24, 2.45) is 5.10 Å². The van der Waals surface area contributed by atoms with Crippen molar-refractivity contribution in [2.45, 2.75) is 20.8 Å². The number of pyridine rings is 1. The topological polar surface area (TPSA) is 63.6 Å². The zero-order valence-corrected chi connectivity index (χ0v) is 15.3. The first-order valence-corrected chi connectivity index (χ1v) is 8.34. The highest BCUT2D eigenvalue weighted by Gasteiger charge is 2.07. The lowest BCUT2D eigenvalue weighted by atomic mass is 10.1. The fourth-order valence-electron chi connectivity index (χ4n) is 2.90. The molecule has 0 radical (unpaired) electrons. The Balaban J connectivity index is 1.85. The molecule has 0 aliphatic rings. The highest BCUT2D eigenvalue weighted by Crippen LogP contribution is 2.27. The van der Waals surface area contributed by atoms with E-state index >= 15 is 0 Å². The van der Waals surface area contributed by atoms with Gasteiger partial charge in [-0.2, -0.15) is 5.10 Å². The summed E-state index contributed by atoms with van der Waals surface area (Å²) in [7, 11) is 1.37. The number of nitrogens with zero attached hydrogens (tertiary/aromatic N) is 2. The number of aromatic nitrogens is 1. The zero-order valence-electron chi connectivity index (χ0n) is 15.3. The molecular formula is C21H21N3O2. The molecule has 0 aliphatic heterocycles. The lowest BCUT2D eigenvalue weighted by Crippen LogP contribution is -2.01. The minimum Gasteiger partial charge on any atom is -0.465 e. The quantitative estimate of drug-likeness (QED) is 0.432. The molecule has 1 aromatic heterocycles. The van der Waals surface area contributed by atoms with Gasteiger partial charge < -0.3 is 4.74 Å². The molecule has 26 heavy (non-hydrogen) atoms. The summed E-state index contributed by atoms with van der Waals surface area (Å²) in [6.45, 7) is 6.11. The van der Waals surface area contributed by atoms with E-state index < -0.39 is 0 Å². The number of fused-ring (bicyclic) bond motifs is 1. The maximum Gasteiger partial charge on any atom is 0.337 e. The molecule has 3 rings (SSSR count). The summed E-state index contributed by atoms with van der Waals surface area (Å²) in [4.78, 5) is 16.1. The maximum atomic E-state index is 11.5. The van der Waals surface area contributed by atoms with E-state index in [1.165, 1.54) is 12.7 Å². The van der Waals surface area contributed by atoms with Crippen LogP contribution in [0.1, 0.15) is 32.7 Å². The van der Waals surface area contributed by atoms with Gasteiger partial charge in [-0.1, -0.05) is 23.8 Å². The van der Waals surface area contributed by atoms with Crippen LogP contribution in [0.3, 0.4) is 0 Å². The number of methoxy groups -OCH3 is 1. The Morgan fingerprint density at radius 3 is 2.54 bits per heavy atom. The first-order valence-electron chi connectivity index (χ1n) is 8.34. The predicted octanol–water partition coefficient (Wildman–Crippen LogP) is 4.39. The van der Waals surface area contributed by atoms with Crippen LogP contribution in [0, 0.1) is 20.8 Å². The number of benzene rings is 2. The fourth-order valence-corrected chi connectivity index (χ4v) is 2.90. The lowest BCUT2D eigenvalue weighted by Gasteiger charge is -2.10. The van der Waals surface area contributed by atoms with E-state index in [0.29, 0.717) is 5.56 Å². The Morgan fingerprint density at radius 1 is 1.12 bits per heavy atom. The summed E-state index contributed by atoms with van der Waals surface area (Å²) in [6, 6.07) is 13.3. The molecule has 0 saturated heterocycles. The van der Waals surface area contributed by atoms with Crippen LogP contribution in [0.4, 0.5) is 5.69 Å². The zero-order chi connectivity index (χ0) is 18.7. The molecule has 0 fully saturated rings. The van der Waals surface area contributed by atoms with Crippen LogP contribution in [-0.2, 0) is 4.74 Å². The molecule has 0 aliphatic carbocycles. The second-order valence-corrected chi connectivity index (χ2v) is 6.27. The van der Waals surface area contributed by atoms with Gasteiger partial charge in [-0.15, -0.1) is 0 Å².